The molecule has 0 aliphatic rings. The molecule has 30 heavy (non-hydrogen) atoms. The normalized spacial score (nSPS) is 12.0. The summed E-state index contributed by atoms with van der Waals surface area (Å²) in [5, 5.41) is 8.75. The van der Waals surface area contributed by atoms with E-state index in [4.69, 9.17) is 4.74 Å². The summed E-state index contributed by atoms with van der Waals surface area (Å²) in [5.74, 6) is 0.715. The summed E-state index contributed by atoms with van der Waals surface area (Å²) < 4.78 is 14.0. The highest BCUT2D eigenvalue weighted by Crippen LogP contribution is 2.27. The second-order valence-corrected chi connectivity index (χ2v) is 15.1. The number of hydrogen-bond donors (Lipinski definition) is 1. The lowest BCUT2D eigenvalue weighted by Gasteiger charge is -2.15. The van der Waals surface area contributed by atoms with Crippen molar-refractivity contribution in [2.24, 2.45) is 0 Å². The second-order valence-electron chi connectivity index (χ2n) is 8.64. The number of nitrogens with zero attached hydrogens (tertiary/aromatic N) is 6. The molecule has 8 nitrogen and oxygen atoms in total. The molecule has 0 amide bonds. The van der Waals surface area contributed by atoms with Crippen LogP contribution in [0.5, 0.6) is 0 Å². The molecule has 0 saturated carbocycles. The van der Waals surface area contributed by atoms with Gasteiger partial charge in [-0.05, 0) is 37.5 Å². The summed E-state index contributed by atoms with van der Waals surface area (Å²) >= 11 is 1.41. The fourth-order valence-electron chi connectivity index (χ4n) is 3.05. The molecule has 4 aromatic heterocycles. The predicted molar refractivity (Wildman–Crippen MR) is 123 cm³/mol. The van der Waals surface area contributed by atoms with Crippen molar-refractivity contribution in [1.29, 1.82) is 0 Å². The monoisotopic (exact) mass is 441 g/mol. The van der Waals surface area contributed by atoms with Crippen LogP contribution in [0.4, 0.5) is 10.8 Å². The molecular formula is C20H27N7OSSi. The van der Waals surface area contributed by atoms with Gasteiger partial charge in [-0.25, -0.2) is 14.6 Å². The lowest BCUT2D eigenvalue weighted by atomic mass is 10.3. The van der Waals surface area contributed by atoms with Crippen LogP contribution in [-0.2, 0) is 11.5 Å². The second kappa shape index (κ2) is 8.29. The van der Waals surface area contributed by atoms with Crippen LogP contribution in [0.3, 0.4) is 0 Å². The average molecular weight is 442 g/mol. The number of hydrogen-bond acceptors (Lipinski definition) is 7. The molecular weight excluding hydrogens is 414 g/mol. The molecule has 0 bridgehead atoms. The minimum Gasteiger partial charge on any atom is -0.360 e. The van der Waals surface area contributed by atoms with E-state index in [1.807, 2.05) is 53.8 Å². The molecule has 4 rings (SSSR count). The molecule has 4 heterocycles. The van der Waals surface area contributed by atoms with Crippen LogP contribution >= 0.6 is 11.5 Å². The van der Waals surface area contributed by atoms with E-state index in [2.05, 4.69) is 44.4 Å². The van der Waals surface area contributed by atoms with Gasteiger partial charge in [0.25, 0.3) is 0 Å². The molecule has 0 unspecified atom stereocenters. The molecule has 0 radical (unpaired) electrons. The first kappa shape index (κ1) is 20.7. The standard InChI is InChI=1S/C20H27N7OSSi/c1-14-8-18(29-25-14)24-19-20-21-10-17(27(20)11-15(2)23-19)16-9-22-26(12-16)13-28-6-7-30(3,4)5/h8-12H,6-7,13H2,1-5H3,(H,23,24). The smallest absolute Gasteiger partial charge is 0.180 e. The van der Waals surface area contributed by atoms with Gasteiger partial charge in [0.2, 0.25) is 0 Å². The van der Waals surface area contributed by atoms with E-state index < -0.39 is 8.07 Å². The van der Waals surface area contributed by atoms with Gasteiger partial charge in [0.15, 0.2) is 11.5 Å². The maximum absolute atomic E-state index is 5.81. The fraction of sp³-hybridized carbons (Fsp3) is 0.400. The zero-order valence-electron chi connectivity index (χ0n) is 18.0. The van der Waals surface area contributed by atoms with E-state index in [9.17, 15) is 0 Å². The van der Waals surface area contributed by atoms with E-state index in [-0.39, 0.29) is 0 Å². The van der Waals surface area contributed by atoms with E-state index in [0.717, 1.165) is 45.9 Å². The minimum atomic E-state index is -1.08. The Bertz CT molecular complexity index is 1160. The first-order valence-electron chi connectivity index (χ1n) is 9.94. The third-order valence-corrected chi connectivity index (χ3v) is 7.13. The van der Waals surface area contributed by atoms with Crippen molar-refractivity contribution in [2.75, 3.05) is 11.9 Å². The van der Waals surface area contributed by atoms with E-state index in [0.29, 0.717) is 12.5 Å². The predicted octanol–water partition coefficient (Wildman–Crippen LogP) is 4.72. The maximum Gasteiger partial charge on any atom is 0.180 e. The maximum atomic E-state index is 5.81. The highest BCUT2D eigenvalue weighted by atomic mass is 32.1. The van der Waals surface area contributed by atoms with Crippen molar-refractivity contribution in [3.8, 4) is 11.3 Å². The molecule has 0 saturated heterocycles. The van der Waals surface area contributed by atoms with Gasteiger partial charge in [-0.2, -0.15) is 9.47 Å². The number of fused-ring (bicyclic) bond motifs is 1. The van der Waals surface area contributed by atoms with Gasteiger partial charge in [-0.15, -0.1) is 0 Å². The van der Waals surface area contributed by atoms with Gasteiger partial charge in [0.1, 0.15) is 11.7 Å². The number of rotatable bonds is 8. The number of nitrogens with one attached hydrogen (secondary N) is 1. The Morgan fingerprint density at radius 3 is 2.70 bits per heavy atom. The summed E-state index contributed by atoms with van der Waals surface area (Å²) in [6.45, 7) is 12.2. The van der Waals surface area contributed by atoms with E-state index >= 15 is 0 Å². The summed E-state index contributed by atoms with van der Waals surface area (Å²) in [5.41, 5.74) is 4.59. The van der Waals surface area contributed by atoms with Gasteiger partial charge in [-0.1, -0.05) is 19.6 Å². The van der Waals surface area contributed by atoms with Crippen molar-refractivity contribution in [3.05, 3.63) is 42.2 Å². The SMILES string of the molecule is Cc1cc(Nc2nc(C)cn3c(-c4cnn(COCC[Si](C)(C)C)c4)cnc23)sn1. The first-order chi connectivity index (χ1) is 14.3. The largest absolute Gasteiger partial charge is 0.360 e. The van der Waals surface area contributed by atoms with Crippen LogP contribution in [0.25, 0.3) is 16.9 Å². The summed E-state index contributed by atoms with van der Waals surface area (Å²) in [7, 11) is -1.08. The van der Waals surface area contributed by atoms with Crippen molar-refractivity contribution >= 4 is 36.1 Å². The quantitative estimate of drug-likeness (QED) is 0.315. The Kier molecular flexibility index (Phi) is 5.72. The number of imidazole rings is 1. The van der Waals surface area contributed by atoms with Crippen LogP contribution in [-0.4, -0.2) is 43.2 Å². The van der Waals surface area contributed by atoms with Crippen molar-refractivity contribution < 1.29 is 4.74 Å². The van der Waals surface area contributed by atoms with Crippen molar-refractivity contribution in [1.82, 2.24) is 28.5 Å². The zero-order chi connectivity index (χ0) is 21.3. The van der Waals surface area contributed by atoms with E-state index in [1.54, 1.807) is 0 Å². The molecule has 1 N–H and O–H groups in total. The third kappa shape index (κ3) is 4.77. The highest BCUT2D eigenvalue weighted by molar-refractivity contribution is 7.10. The third-order valence-electron chi connectivity index (χ3n) is 4.63. The summed E-state index contributed by atoms with van der Waals surface area (Å²) in [6, 6.07) is 3.15. The van der Waals surface area contributed by atoms with E-state index in [1.165, 1.54) is 11.5 Å². The molecule has 0 aromatic carbocycles. The molecule has 0 aliphatic heterocycles. The van der Waals surface area contributed by atoms with Crippen LogP contribution in [0.15, 0.2) is 30.9 Å². The Morgan fingerprint density at radius 1 is 1.13 bits per heavy atom. The van der Waals surface area contributed by atoms with Crippen LogP contribution in [0.2, 0.25) is 25.7 Å². The average Bonchev–Trinajstić information content (AvgIpc) is 3.37. The molecule has 0 atom stereocenters. The topological polar surface area (TPSA) is 82.2 Å². The van der Waals surface area contributed by atoms with Gasteiger partial charge in [0.05, 0.1) is 29.5 Å². The molecule has 4 aromatic rings. The Balaban J connectivity index is 1.54. The molecule has 0 fully saturated rings. The van der Waals surface area contributed by atoms with Gasteiger partial charge in [-0.3, -0.25) is 4.40 Å². The zero-order valence-corrected chi connectivity index (χ0v) is 19.8. The number of anilines is 2. The fourth-order valence-corrected chi connectivity index (χ4v) is 4.47. The molecule has 0 aliphatic carbocycles. The molecule has 10 heteroatoms. The lowest BCUT2D eigenvalue weighted by molar-refractivity contribution is 0.0786. The first-order valence-corrected chi connectivity index (χ1v) is 14.4. The lowest BCUT2D eigenvalue weighted by Crippen LogP contribution is -2.22. The van der Waals surface area contributed by atoms with Crippen LogP contribution < -0.4 is 5.32 Å². The molecule has 0 spiro atoms. The van der Waals surface area contributed by atoms with Crippen molar-refractivity contribution in [3.63, 3.8) is 0 Å². The summed E-state index contributed by atoms with van der Waals surface area (Å²) in [6.07, 6.45) is 7.68. The van der Waals surface area contributed by atoms with Crippen molar-refractivity contribution in [2.45, 2.75) is 46.3 Å². The highest BCUT2D eigenvalue weighted by Gasteiger charge is 2.15. The Morgan fingerprint density at radius 2 is 1.97 bits per heavy atom. The van der Waals surface area contributed by atoms with Gasteiger partial charge < -0.3 is 10.1 Å². The van der Waals surface area contributed by atoms with Gasteiger partial charge >= 0.3 is 0 Å². The number of aromatic nitrogens is 6. The minimum absolute atomic E-state index is 0.458. The Hall–Kier alpha value is -2.56. The van der Waals surface area contributed by atoms with Crippen LogP contribution in [0.1, 0.15) is 11.4 Å². The van der Waals surface area contributed by atoms with Gasteiger partial charge in [0, 0.05) is 32.6 Å². The van der Waals surface area contributed by atoms with Crippen LogP contribution in [0, 0.1) is 13.8 Å². The number of aryl methyl sites for hydroxylation is 2. The molecule has 158 valence electrons. The summed E-state index contributed by atoms with van der Waals surface area (Å²) in [4.78, 5) is 9.24. The Labute approximate surface area is 181 Å². The number of ether oxygens (including phenoxy) is 1.